The lowest BCUT2D eigenvalue weighted by molar-refractivity contribution is 0.181. The van der Waals surface area contributed by atoms with Gasteiger partial charge in [0.05, 0.1) is 12.3 Å². The Morgan fingerprint density at radius 2 is 1.89 bits per heavy atom. The lowest BCUT2D eigenvalue weighted by Gasteiger charge is -2.06. The number of halogens is 1. The van der Waals surface area contributed by atoms with E-state index in [1.165, 1.54) is 11.1 Å². The minimum atomic E-state index is 0.431. The third-order valence-corrected chi connectivity index (χ3v) is 3.00. The summed E-state index contributed by atoms with van der Waals surface area (Å²) in [5.74, 6) is 0.637. The fraction of sp³-hybridized carbons (Fsp3) is 0.286. The molecule has 0 fully saturated rings. The van der Waals surface area contributed by atoms with Gasteiger partial charge in [0.25, 0.3) is 0 Å². The van der Waals surface area contributed by atoms with Crippen LogP contribution >= 0.6 is 11.6 Å². The number of nitrogens with zero attached hydrogens (tertiary/aromatic N) is 2. The molecule has 0 aliphatic rings. The van der Waals surface area contributed by atoms with Crippen molar-refractivity contribution in [3.05, 3.63) is 46.2 Å². The first kappa shape index (κ1) is 13.0. The van der Waals surface area contributed by atoms with Crippen molar-refractivity contribution >= 4 is 11.6 Å². The van der Waals surface area contributed by atoms with Crippen molar-refractivity contribution in [3.63, 3.8) is 0 Å². The number of hydrogen-bond donors (Lipinski definition) is 0. The van der Waals surface area contributed by atoms with E-state index < -0.39 is 0 Å². The molecule has 18 heavy (non-hydrogen) atoms. The van der Waals surface area contributed by atoms with E-state index in [0.717, 1.165) is 11.3 Å². The summed E-state index contributed by atoms with van der Waals surface area (Å²) < 4.78 is 5.07. The smallest absolute Gasteiger partial charge is 0.161 e. The number of ether oxygens (including phenoxy) is 1. The molecule has 0 radical (unpaired) electrons. The molecule has 0 bridgehead atoms. The molecule has 0 N–H and O–H groups in total. The molecule has 2 rings (SSSR count). The van der Waals surface area contributed by atoms with Gasteiger partial charge in [0.15, 0.2) is 5.82 Å². The third kappa shape index (κ3) is 2.86. The molecule has 1 aromatic carbocycles. The lowest BCUT2D eigenvalue weighted by Crippen LogP contribution is -1.98. The molecule has 0 spiro atoms. The van der Waals surface area contributed by atoms with E-state index in [4.69, 9.17) is 16.3 Å². The average molecular weight is 263 g/mol. The van der Waals surface area contributed by atoms with Gasteiger partial charge in [-0.25, -0.2) is 9.97 Å². The van der Waals surface area contributed by atoms with E-state index in [0.29, 0.717) is 17.6 Å². The second kappa shape index (κ2) is 5.46. The van der Waals surface area contributed by atoms with Crippen LogP contribution in [0.3, 0.4) is 0 Å². The Morgan fingerprint density at radius 3 is 2.56 bits per heavy atom. The van der Waals surface area contributed by atoms with Gasteiger partial charge < -0.3 is 4.74 Å². The quantitative estimate of drug-likeness (QED) is 0.794. The molecule has 0 aliphatic heterocycles. The van der Waals surface area contributed by atoms with Crippen molar-refractivity contribution in [1.29, 1.82) is 0 Å². The van der Waals surface area contributed by atoms with Crippen molar-refractivity contribution in [3.8, 4) is 11.4 Å². The predicted octanol–water partition coefficient (Wildman–Crippen LogP) is 3.56. The lowest BCUT2D eigenvalue weighted by atomic mass is 10.1. The summed E-state index contributed by atoms with van der Waals surface area (Å²) >= 11 is 6.00. The average Bonchev–Trinajstić information content (AvgIpc) is 2.32. The van der Waals surface area contributed by atoms with Crippen molar-refractivity contribution < 1.29 is 4.74 Å². The highest BCUT2D eigenvalue weighted by Gasteiger charge is 2.07. The summed E-state index contributed by atoms with van der Waals surface area (Å²) in [6.07, 6.45) is 0. The first-order chi connectivity index (χ1) is 8.60. The van der Waals surface area contributed by atoms with E-state index in [1.54, 1.807) is 13.2 Å². The maximum Gasteiger partial charge on any atom is 0.161 e. The molecular formula is C14H15ClN2O. The standard InChI is InChI=1S/C14H15ClN2O/c1-9-4-5-11(6-10(9)2)14-16-12(8-18-3)7-13(15)17-14/h4-7H,8H2,1-3H3. The van der Waals surface area contributed by atoms with Crippen LogP contribution in [0.25, 0.3) is 11.4 Å². The molecule has 1 heterocycles. The fourth-order valence-electron chi connectivity index (χ4n) is 1.70. The summed E-state index contributed by atoms with van der Waals surface area (Å²) in [5, 5.41) is 0.435. The molecule has 0 saturated carbocycles. The van der Waals surface area contributed by atoms with E-state index in [2.05, 4.69) is 35.9 Å². The normalized spacial score (nSPS) is 10.7. The molecule has 94 valence electrons. The largest absolute Gasteiger partial charge is 0.378 e. The fourth-order valence-corrected chi connectivity index (χ4v) is 1.90. The topological polar surface area (TPSA) is 35.0 Å². The van der Waals surface area contributed by atoms with Gasteiger partial charge in [0, 0.05) is 12.7 Å². The monoisotopic (exact) mass is 262 g/mol. The van der Waals surface area contributed by atoms with Crippen molar-refractivity contribution in [2.75, 3.05) is 7.11 Å². The highest BCUT2D eigenvalue weighted by Crippen LogP contribution is 2.21. The van der Waals surface area contributed by atoms with Gasteiger partial charge >= 0.3 is 0 Å². The Balaban J connectivity index is 2.46. The van der Waals surface area contributed by atoms with Crippen LogP contribution in [0.5, 0.6) is 0 Å². The van der Waals surface area contributed by atoms with Gasteiger partial charge in [-0.05, 0) is 37.1 Å². The number of rotatable bonds is 3. The molecule has 0 atom stereocenters. The van der Waals surface area contributed by atoms with Gasteiger partial charge in [-0.3, -0.25) is 0 Å². The van der Waals surface area contributed by atoms with Crippen molar-refractivity contribution in [1.82, 2.24) is 9.97 Å². The molecule has 0 saturated heterocycles. The first-order valence-corrected chi connectivity index (χ1v) is 6.08. The highest BCUT2D eigenvalue weighted by atomic mass is 35.5. The summed E-state index contributed by atoms with van der Waals surface area (Å²) in [6, 6.07) is 7.85. The molecule has 0 amide bonds. The number of methoxy groups -OCH3 is 1. The Kier molecular flexibility index (Phi) is 3.94. The Bertz CT molecular complexity index is 570. The van der Waals surface area contributed by atoms with Gasteiger partial charge in [-0.15, -0.1) is 0 Å². The Morgan fingerprint density at radius 1 is 1.11 bits per heavy atom. The van der Waals surface area contributed by atoms with E-state index in [9.17, 15) is 0 Å². The number of aromatic nitrogens is 2. The minimum absolute atomic E-state index is 0.431. The van der Waals surface area contributed by atoms with Crippen LogP contribution in [-0.2, 0) is 11.3 Å². The van der Waals surface area contributed by atoms with Crippen LogP contribution in [-0.4, -0.2) is 17.1 Å². The molecule has 4 heteroatoms. The summed E-state index contributed by atoms with van der Waals surface area (Å²) in [5.41, 5.74) is 4.21. The molecule has 1 aromatic heterocycles. The summed E-state index contributed by atoms with van der Waals surface area (Å²) in [4.78, 5) is 8.70. The van der Waals surface area contributed by atoms with Crippen LogP contribution in [0.1, 0.15) is 16.8 Å². The Hall–Kier alpha value is -1.45. The molecule has 3 nitrogen and oxygen atoms in total. The Labute approximate surface area is 112 Å². The van der Waals surface area contributed by atoms with Crippen LogP contribution in [0.15, 0.2) is 24.3 Å². The van der Waals surface area contributed by atoms with Gasteiger partial charge in [0.2, 0.25) is 0 Å². The maximum absolute atomic E-state index is 6.00. The second-order valence-electron chi connectivity index (χ2n) is 4.24. The van der Waals surface area contributed by atoms with E-state index >= 15 is 0 Å². The van der Waals surface area contributed by atoms with E-state index in [-0.39, 0.29) is 0 Å². The zero-order chi connectivity index (χ0) is 13.1. The SMILES string of the molecule is COCc1cc(Cl)nc(-c2ccc(C)c(C)c2)n1. The summed E-state index contributed by atoms with van der Waals surface area (Å²) in [6.45, 7) is 4.58. The summed E-state index contributed by atoms with van der Waals surface area (Å²) in [7, 11) is 1.63. The van der Waals surface area contributed by atoms with Crippen LogP contribution in [0, 0.1) is 13.8 Å². The van der Waals surface area contributed by atoms with E-state index in [1.807, 2.05) is 6.07 Å². The highest BCUT2D eigenvalue weighted by molar-refractivity contribution is 6.29. The van der Waals surface area contributed by atoms with Gasteiger partial charge in [-0.1, -0.05) is 23.7 Å². The molecule has 0 unspecified atom stereocenters. The number of aryl methyl sites for hydroxylation is 2. The minimum Gasteiger partial charge on any atom is -0.378 e. The molecular weight excluding hydrogens is 248 g/mol. The van der Waals surface area contributed by atoms with Crippen molar-refractivity contribution in [2.24, 2.45) is 0 Å². The third-order valence-electron chi connectivity index (χ3n) is 2.81. The van der Waals surface area contributed by atoms with Gasteiger partial charge in [0.1, 0.15) is 5.15 Å². The maximum atomic E-state index is 6.00. The molecule has 2 aromatic rings. The predicted molar refractivity (Wildman–Crippen MR) is 72.7 cm³/mol. The number of hydrogen-bond acceptors (Lipinski definition) is 3. The van der Waals surface area contributed by atoms with Gasteiger partial charge in [-0.2, -0.15) is 0 Å². The van der Waals surface area contributed by atoms with Crippen LogP contribution in [0.2, 0.25) is 5.15 Å². The van der Waals surface area contributed by atoms with Crippen molar-refractivity contribution in [2.45, 2.75) is 20.5 Å². The number of benzene rings is 1. The first-order valence-electron chi connectivity index (χ1n) is 5.70. The second-order valence-corrected chi connectivity index (χ2v) is 4.62. The van der Waals surface area contributed by atoms with Crippen LogP contribution < -0.4 is 0 Å². The zero-order valence-corrected chi connectivity index (χ0v) is 11.5. The van der Waals surface area contributed by atoms with Crippen LogP contribution in [0.4, 0.5) is 0 Å². The molecule has 0 aliphatic carbocycles. The zero-order valence-electron chi connectivity index (χ0n) is 10.7.